The zero-order chi connectivity index (χ0) is 18.2. The van der Waals surface area contributed by atoms with E-state index in [9.17, 15) is 4.79 Å². The van der Waals surface area contributed by atoms with Gasteiger partial charge in [-0.25, -0.2) is 9.97 Å². The van der Waals surface area contributed by atoms with E-state index >= 15 is 0 Å². The lowest BCUT2D eigenvalue weighted by Gasteiger charge is -2.34. The lowest BCUT2D eigenvalue weighted by molar-refractivity contribution is 0.0751. The Kier molecular flexibility index (Phi) is 4.57. The van der Waals surface area contributed by atoms with Crippen molar-refractivity contribution in [1.29, 1.82) is 0 Å². The summed E-state index contributed by atoms with van der Waals surface area (Å²) in [6.07, 6.45) is 8.97. The normalized spacial score (nSPS) is 21.0. The number of hydrogen-bond acceptors (Lipinski definition) is 6. The average Bonchev–Trinajstić information content (AvgIpc) is 3.44. The standard InChI is InChI=1S/C20H25N5OS/c26-19(23-8-10-24(11-9-23)20-21-6-3-7-22-20)17-12-15-13-25(14-18(15)27-17)16-4-1-2-5-16/h3,6-7,12,16H,1-2,4-5,8-11,13-14H2. The van der Waals surface area contributed by atoms with Crippen LogP contribution in [-0.2, 0) is 13.1 Å². The van der Waals surface area contributed by atoms with Crippen LogP contribution in [0.2, 0.25) is 0 Å². The van der Waals surface area contributed by atoms with Crippen LogP contribution in [-0.4, -0.2) is 57.9 Å². The fourth-order valence-corrected chi connectivity index (χ4v) is 5.71. The Labute approximate surface area is 163 Å². The second-order valence-corrected chi connectivity index (χ2v) is 8.87. The molecule has 27 heavy (non-hydrogen) atoms. The summed E-state index contributed by atoms with van der Waals surface area (Å²) in [7, 11) is 0. The van der Waals surface area contributed by atoms with Crippen molar-refractivity contribution < 1.29 is 4.79 Å². The van der Waals surface area contributed by atoms with Crippen LogP contribution in [0.3, 0.4) is 0 Å². The third kappa shape index (κ3) is 3.34. The first-order chi connectivity index (χ1) is 13.3. The van der Waals surface area contributed by atoms with Gasteiger partial charge in [0.1, 0.15) is 0 Å². The van der Waals surface area contributed by atoms with E-state index in [0.717, 1.165) is 56.1 Å². The van der Waals surface area contributed by atoms with Crippen molar-refractivity contribution in [2.24, 2.45) is 0 Å². The highest BCUT2D eigenvalue weighted by Gasteiger charge is 2.31. The Bertz CT molecular complexity index is 786. The lowest BCUT2D eigenvalue weighted by atomic mass is 10.2. The van der Waals surface area contributed by atoms with Crippen LogP contribution in [0.25, 0.3) is 0 Å². The molecule has 142 valence electrons. The van der Waals surface area contributed by atoms with Gasteiger partial charge in [0.15, 0.2) is 0 Å². The summed E-state index contributed by atoms with van der Waals surface area (Å²) in [6, 6.07) is 4.74. The lowest BCUT2D eigenvalue weighted by Crippen LogP contribution is -2.49. The summed E-state index contributed by atoms with van der Waals surface area (Å²) in [5.41, 5.74) is 1.38. The zero-order valence-corrected chi connectivity index (χ0v) is 16.3. The number of fused-ring (bicyclic) bond motifs is 1. The highest BCUT2D eigenvalue weighted by molar-refractivity contribution is 7.14. The van der Waals surface area contributed by atoms with Crippen LogP contribution >= 0.6 is 11.3 Å². The van der Waals surface area contributed by atoms with Crippen molar-refractivity contribution in [2.75, 3.05) is 31.1 Å². The average molecular weight is 384 g/mol. The molecule has 2 aromatic heterocycles. The predicted octanol–water partition coefficient (Wildman–Crippen LogP) is 2.76. The Morgan fingerprint density at radius 3 is 2.48 bits per heavy atom. The molecular formula is C20H25N5OS. The second kappa shape index (κ2) is 7.20. The van der Waals surface area contributed by atoms with Crippen molar-refractivity contribution in [2.45, 2.75) is 44.8 Å². The number of carbonyl (C=O) groups excluding carboxylic acids is 1. The molecular weight excluding hydrogens is 358 g/mol. The van der Waals surface area contributed by atoms with Gasteiger partial charge in [-0.15, -0.1) is 11.3 Å². The number of rotatable bonds is 3. The van der Waals surface area contributed by atoms with Gasteiger partial charge in [0.05, 0.1) is 4.88 Å². The number of nitrogens with zero attached hydrogens (tertiary/aromatic N) is 5. The second-order valence-electron chi connectivity index (χ2n) is 7.73. The minimum absolute atomic E-state index is 0.190. The smallest absolute Gasteiger partial charge is 0.264 e. The van der Waals surface area contributed by atoms with E-state index in [1.165, 1.54) is 36.1 Å². The molecule has 2 aromatic rings. The van der Waals surface area contributed by atoms with Gasteiger partial charge < -0.3 is 9.80 Å². The number of aromatic nitrogens is 2. The molecule has 0 aromatic carbocycles. The summed E-state index contributed by atoms with van der Waals surface area (Å²) < 4.78 is 0. The predicted molar refractivity (Wildman–Crippen MR) is 106 cm³/mol. The maximum absolute atomic E-state index is 13.0. The highest BCUT2D eigenvalue weighted by atomic mass is 32.1. The number of carbonyl (C=O) groups is 1. The molecule has 7 heteroatoms. The van der Waals surface area contributed by atoms with Crippen LogP contribution in [0.15, 0.2) is 24.5 Å². The maximum Gasteiger partial charge on any atom is 0.264 e. The molecule has 5 rings (SSSR count). The van der Waals surface area contributed by atoms with E-state index in [0.29, 0.717) is 0 Å². The molecule has 0 atom stereocenters. The van der Waals surface area contributed by atoms with Crippen LogP contribution in [0.5, 0.6) is 0 Å². The van der Waals surface area contributed by atoms with E-state index in [2.05, 4.69) is 25.8 Å². The molecule has 0 unspecified atom stereocenters. The first kappa shape index (κ1) is 17.1. The monoisotopic (exact) mass is 383 g/mol. The zero-order valence-electron chi connectivity index (χ0n) is 15.5. The van der Waals surface area contributed by atoms with Crippen molar-refractivity contribution in [1.82, 2.24) is 19.8 Å². The van der Waals surface area contributed by atoms with E-state index in [1.807, 2.05) is 11.0 Å². The molecule has 0 spiro atoms. The first-order valence-electron chi connectivity index (χ1n) is 9.95. The number of piperazine rings is 1. The highest BCUT2D eigenvalue weighted by Crippen LogP contribution is 2.36. The summed E-state index contributed by atoms with van der Waals surface area (Å²) >= 11 is 1.71. The summed E-state index contributed by atoms with van der Waals surface area (Å²) in [5.74, 6) is 0.946. The molecule has 4 heterocycles. The Hall–Kier alpha value is -1.99. The van der Waals surface area contributed by atoms with Crippen molar-refractivity contribution in [3.63, 3.8) is 0 Å². The minimum Gasteiger partial charge on any atom is -0.337 e. The molecule has 0 bridgehead atoms. The molecule has 2 aliphatic heterocycles. The number of anilines is 1. The largest absolute Gasteiger partial charge is 0.337 e. The molecule has 2 fully saturated rings. The van der Waals surface area contributed by atoms with Crippen LogP contribution in [0, 0.1) is 0 Å². The van der Waals surface area contributed by atoms with E-state index < -0.39 is 0 Å². The first-order valence-corrected chi connectivity index (χ1v) is 10.8. The molecule has 1 aliphatic carbocycles. The Morgan fingerprint density at radius 1 is 1.04 bits per heavy atom. The Balaban J connectivity index is 1.20. The van der Waals surface area contributed by atoms with Gasteiger partial charge in [0.2, 0.25) is 5.95 Å². The molecule has 1 saturated heterocycles. The minimum atomic E-state index is 0.190. The molecule has 3 aliphatic rings. The van der Waals surface area contributed by atoms with Gasteiger partial charge >= 0.3 is 0 Å². The molecule has 1 saturated carbocycles. The fourth-order valence-electron chi connectivity index (χ4n) is 4.55. The van der Waals surface area contributed by atoms with Gasteiger partial charge in [-0.05, 0) is 30.5 Å². The summed E-state index contributed by atoms with van der Waals surface area (Å²) in [6.45, 7) is 5.11. The van der Waals surface area contributed by atoms with E-state index in [-0.39, 0.29) is 5.91 Å². The third-order valence-electron chi connectivity index (χ3n) is 6.07. The molecule has 6 nitrogen and oxygen atoms in total. The van der Waals surface area contributed by atoms with Crippen LogP contribution < -0.4 is 4.90 Å². The van der Waals surface area contributed by atoms with Crippen LogP contribution in [0.1, 0.15) is 45.8 Å². The molecule has 0 N–H and O–H groups in total. The summed E-state index contributed by atoms with van der Waals surface area (Å²) in [4.78, 5) is 30.6. The van der Waals surface area contributed by atoms with Gasteiger partial charge in [0.25, 0.3) is 5.91 Å². The van der Waals surface area contributed by atoms with Gasteiger partial charge in [-0.3, -0.25) is 9.69 Å². The third-order valence-corrected chi connectivity index (χ3v) is 7.22. The van der Waals surface area contributed by atoms with Crippen molar-refractivity contribution in [3.05, 3.63) is 39.8 Å². The van der Waals surface area contributed by atoms with Crippen molar-refractivity contribution >= 4 is 23.2 Å². The van der Waals surface area contributed by atoms with E-state index in [4.69, 9.17) is 0 Å². The quantitative estimate of drug-likeness (QED) is 0.816. The van der Waals surface area contributed by atoms with E-state index in [1.54, 1.807) is 23.7 Å². The van der Waals surface area contributed by atoms with Gasteiger partial charge in [-0.2, -0.15) is 0 Å². The fraction of sp³-hybridized carbons (Fsp3) is 0.550. The van der Waals surface area contributed by atoms with Crippen molar-refractivity contribution in [3.8, 4) is 0 Å². The van der Waals surface area contributed by atoms with Gasteiger partial charge in [-0.1, -0.05) is 12.8 Å². The number of amides is 1. The molecule has 0 radical (unpaired) electrons. The maximum atomic E-state index is 13.0. The van der Waals surface area contributed by atoms with Gasteiger partial charge in [0, 0.05) is 62.6 Å². The SMILES string of the molecule is O=C(c1cc2c(s1)CN(C1CCCC1)C2)N1CCN(c2ncccn2)CC1. The Morgan fingerprint density at radius 2 is 1.78 bits per heavy atom. The summed E-state index contributed by atoms with van der Waals surface area (Å²) in [5, 5.41) is 0. The molecule has 1 amide bonds. The topological polar surface area (TPSA) is 52.6 Å². The van der Waals surface area contributed by atoms with Crippen LogP contribution in [0.4, 0.5) is 5.95 Å². The number of hydrogen-bond donors (Lipinski definition) is 0. The number of thiophene rings is 1.